The molecular formula is C43H44BrF12N13O6. The number of nitrogens with two attached hydrogens (primary N) is 1. The number of hydrogen-bond acceptors (Lipinski definition) is 17. The molecule has 4 unspecified atom stereocenters. The summed E-state index contributed by atoms with van der Waals surface area (Å²) in [6, 6.07) is 9.21. The van der Waals surface area contributed by atoms with E-state index in [4.69, 9.17) is 24.0 Å². The van der Waals surface area contributed by atoms with E-state index in [0.717, 1.165) is 50.2 Å². The summed E-state index contributed by atoms with van der Waals surface area (Å²) < 4.78 is 181. The Morgan fingerprint density at radius 1 is 0.587 bits per heavy atom. The maximum atomic E-state index is 13.2. The molecule has 0 amide bonds. The van der Waals surface area contributed by atoms with Gasteiger partial charge in [-0.1, -0.05) is 22.3 Å². The molecule has 4 bridgehead atoms. The highest BCUT2D eigenvalue weighted by Gasteiger charge is 2.45. The summed E-state index contributed by atoms with van der Waals surface area (Å²) in [5.74, 6) is 1.56. The topological polar surface area (TPSA) is 209 Å². The van der Waals surface area contributed by atoms with Crippen molar-refractivity contribution in [2.45, 2.75) is 90.2 Å². The van der Waals surface area contributed by atoms with E-state index in [1.165, 1.54) is 37.1 Å². The number of ether oxygens (including phenoxy) is 4. The maximum absolute atomic E-state index is 13.2. The highest BCUT2D eigenvalue weighted by atomic mass is 79.9. The van der Waals surface area contributed by atoms with E-state index >= 15 is 0 Å². The van der Waals surface area contributed by atoms with E-state index in [0.29, 0.717) is 70.6 Å². The lowest BCUT2D eigenvalue weighted by atomic mass is 9.82. The van der Waals surface area contributed by atoms with Crippen molar-refractivity contribution in [2.75, 3.05) is 36.0 Å². The zero-order valence-electron chi connectivity index (χ0n) is 39.2. The number of fused-ring (bicyclic) bond motifs is 4. The van der Waals surface area contributed by atoms with E-state index in [1.807, 2.05) is 11.8 Å². The first-order valence-corrected chi connectivity index (χ1v) is 23.6. The van der Waals surface area contributed by atoms with Crippen molar-refractivity contribution in [3.05, 3.63) is 70.9 Å². The van der Waals surface area contributed by atoms with Crippen LogP contribution in [0.5, 0.6) is 35.0 Å². The van der Waals surface area contributed by atoms with E-state index in [1.54, 1.807) is 6.92 Å². The fourth-order valence-corrected chi connectivity index (χ4v) is 9.76. The molecule has 2 aromatic carbocycles. The molecule has 32 heteroatoms. The number of aryl methyl sites for hydroxylation is 2. The second-order valence-electron chi connectivity index (χ2n) is 17.9. The lowest BCUT2D eigenvalue weighted by Gasteiger charge is -2.36. The summed E-state index contributed by atoms with van der Waals surface area (Å²) >= 11 is 2.79. The number of benzene rings is 2. The minimum absolute atomic E-state index is 0.137. The van der Waals surface area contributed by atoms with Crippen molar-refractivity contribution in [3.63, 3.8) is 0 Å². The van der Waals surface area contributed by atoms with Crippen LogP contribution in [0.4, 0.5) is 64.7 Å². The molecule has 4 aliphatic rings. The molecule has 2 N–H and O–H groups in total. The van der Waals surface area contributed by atoms with Crippen molar-refractivity contribution in [2.24, 2.45) is 35.3 Å². The minimum atomic E-state index is -4.93. The molecule has 75 heavy (non-hydrogen) atoms. The number of alkyl halides is 12. The number of nitrogens with zero attached hydrogens (tertiary/aromatic N) is 12. The lowest BCUT2D eigenvalue weighted by Crippen LogP contribution is -2.48. The molecule has 2 aliphatic carbocycles. The third-order valence-electron chi connectivity index (χ3n) is 12.4. The number of rotatable bonds is 12. The maximum Gasteiger partial charge on any atom is 0.573 e. The summed E-state index contributed by atoms with van der Waals surface area (Å²) in [6.45, 7) is 3.87. The predicted octanol–water partition coefficient (Wildman–Crippen LogP) is 9.77. The lowest BCUT2D eigenvalue weighted by molar-refractivity contribution is -0.275. The third-order valence-corrected chi connectivity index (χ3v) is 12.7. The van der Waals surface area contributed by atoms with Crippen LogP contribution in [0.25, 0.3) is 0 Å². The average Bonchev–Trinajstić information content (AvgIpc) is 4.14. The molecule has 4 fully saturated rings. The Balaban J connectivity index is 0.000000166. The van der Waals surface area contributed by atoms with Gasteiger partial charge in [-0.15, -0.1) is 41.6 Å². The Hall–Kier alpha value is -6.60. The quantitative estimate of drug-likeness (QED) is 0.113. The van der Waals surface area contributed by atoms with Crippen molar-refractivity contribution in [3.8, 4) is 35.0 Å². The van der Waals surface area contributed by atoms with Crippen LogP contribution in [0, 0.1) is 43.4 Å². The van der Waals surface area contributed by atoms with Crippen LogP contribution in [0.15, 0.2) is 62.1 Å². The Morgan fingerprint density at radius 2 is 1.00 bits per heavy atom. The van der Waals surface area contributed by atoms with Crippen molar-refractivity contribution in [1.29, 1.82) is 0 Å². The van der Waals surface area contributed by atoms with Crippen molar-refractivity contribution < 1.29 is 80.5 Å². The molecule has 19 nitrogen and oxygen atoms in total. The first kappa shape index (κ1) is 54.7. The van der Waals surface area contributed by atoms with Gasteiger partial charge in [0.1, 0.15) is 36.1 Å². The van der Waals surface area contributed by atoms with Gasteiger partial charge in [-0.25, -0.2) is 9.36 Å². The van der Waals surface area contributed by atoms with Gasteiger partial charge in [0.25, 0.3) is 0 Å². The van der Waals surface area contributed by atoms with Crippen LogP contribution in [0.2, 0.25) is 0 Å². The number of aromatic nitrogens is 10. The Morgan fingerprint density at radius 3 is 1.43 bits per heavy atom. The van der Waals surface area contributed by atoms with Crippen LogP contribution >= 0.6 is 15.9 Å². The van der Waals surface area contributed by atoms with Gasteiger partial charge in [-0.3, -0.25) is 0 Å². The number of halogens is 13. The predicted molar refractivity (Wildman–Crippen MR) is 236 cm³/mol. The summed E-state index contributed by atoms with van der Waals surface area (Å²) in [5.41, 5.74) is 6.14. The molecule has 0 spiro atoms. The van der Waals surface area contributed by atoms with Gasteiger partial charge in [0, 0.05) is 64.6 Å². The first-order valence-electron chi connectivity index (χ1n) is 22.8. The molecule has 6 aromatic rings. The molecule has 2 aliphatic heterocycles. The van der Waals surface area contributed by atoms with Gasteiger partial charge in [-0.05, 0) is 95.5 Å². The average molecular weight is 1150 g/mol. The Labute approximate surface area is 424 Å². The van der Waals surface area contributed by atoms with Crippen molar-refractivity contribution in [1.82, 2.24) is 49.9 Å². The largest absolute Gasteiger partial charge is 0.573 e. The molecule has 0 radical (unpaired) electrons. The fraction of sp³-hybridized carbons (Fsp3) is 0.535. The summed E-state index contributed by atoms with van der Waals surface area (Å²) in [4.78, 5) is 12.0. The van der Waals surface area contributed by atoms with Gasteiger partial charge in [0.2, 0.25) is 16.5 Å². The van der Waals surface area contributed by atoms with Gasteiger partial charge >= 0.3 is 49.1 Å². The molecular weight excluding hydrogens is 1100 g/mol. The SMILES string of the molecule is Cc1nnc(N2CC3CCC(C2)C3Cc2nc(Oc3cccc(OC(F)(F)F)c3)n(CC(F)(F)F)n2)o1.Cc1nnc(N2CC3CCC(C2)C3N)o1.FC(F)(F)Cn1nc(Br)nc1Oc1cccc(OC(F)(F)F)c1. The first-order chi connectivity index (χ1) is 35.2. The summed E-state index contributed by atoms with van der Waals surface area (Å²) in [7, 11) is 0. The zero-order valence-corrected chi connectivity index (χ0v) is 40.8. The molecule has 2 saturated heterocycles. The second-order valence-corrected chi connectivity index (χ2v) is 18.6. The minimum Gasteiger partial charge on any atom is -0.424 e. The summed E-state index contributed by atoms with van der Waals surface area (Å²) in [6.07, 6.45) is -14.3. The molecule has 6 heterocycles. The Kier molecular flexibility index (Phi) is 16.0. The molecule has 408 valence electrons. The van der Waals surface area contributed by atoms with Crippen LogP contribution in [-0.2, 0) is 19.5 Å². The molecule has 4 atom stereocenters. The van der Waals surface area contributed by atoms with E-state index < -0.39 is 61.7 Å². The summed E-state index contributed by atoms with van der Waals surface area (Å²) in [5, 5.41) is 23.3. The second kappa shape index (κ2) is 21.9. The van der Waals surface area contributed by atoms with Crippen molar-refractivity contribution >= 4 is 28.0 Å². The van der Waals surface area contributed by atoms with E-state index in [2.05, 4.69) is 70.9 Å². The molecule has 4 aromatic heterocycles. The normalized spacial score (nSPS) is 21.5. The van der Waals surface area contributed by atoms with E-state index in [-0.39, 0.29) is 39.8 Å². The molecule has 2 saturated carbocycles. The molecule has 10 rings (SSSR count). The van der Waals surface area contributed by atoms with Crippen LogP contribution in [-0.4, -0.2) is 107 Å². The highest BCUT2D eigenvalue weighted by molar-refractivity contribution is 9.10. The van der Waals surface area contributed by atoms with Crippen LogP contribution in [0.1, 0.15) is 43.3 Å². The third kappa shape index (κ3) is 15.3. The van der Waals surface area contributed by atoms with Gasteiger partial charge in [0.05, 0.1) is 0 Å². The number of hydrogen-bond donors (Lipinski definition) is 1. The Bertz CT molecular complexity index is 2830. The van der Waals surface area contributed by atoms with Gasteiger partial charge in [-0.2, -0.15) is 41.4 Å². The highest BCUT2D eigenvalue weighted by Crippen LogP contribution is 2.45. The van der Waals surface area contributed by atoms with Crippen LogP contribution in [0.3, 0.4) is 0 Å². The smallest absolute Gasteiger partial charge is 0.424 e. The standard InChI is InChI=1S/C22H22F6N6O3.C11H6BrF6N3O2.C10H16N4O/c1-12-30-31-20(35-12)33-9-13-5-6-14(10-33)17(13)8-18-29-19(34(32-18)11-21(23,24)25)36-15-3-2-4-16(7-15)37-22(26,27)28;12-8-19-9(21(20-8)5-10(13,14)15)22-6-2-1-3-7(4-6)23-11(16,17)18;1-6-12-13-10(15-6)14-4-7-2-3-8(5-14)9(7)11/h2-4,7,13-14,17H,5-6,8-11H2,1H3;1-4H,5H2;7-9H,2-5,11H2,1H3. The number of anilines is 2. The monoisotopic (exact) mass is 1150 g/mol. The van der Waals surface area contributed by atoms with Gasteiger partial charge in [0.15, 0.2) is 5.82 Å². The number of piperidine rings is 2. The zero-order chi connectivity index (χ0) is 54.0. The van der Waals surface area contributed by atoms with Gasteiger partial charge < -0.3 is 43.3 Å². The van der Waals surface area contributed by atoms with E-state index in [9.17, 15) is 52.7 Å². The van der Waals surface area contributed by atoms with Crippen LogP contribution < -0.4 is 34.5 Å². The fourth-order valence-electron chi connectivity index (χ4n) is 9.42.